The maximum atomic E-state index is 10.9. The Kier molecular flexibility index (Phi) is 5.87. The second kappa shape index (κ2) is 7.17. The predicted molar refractivity (Wildman–Crippen MR) is 74.4 cm³/mol. The van der Waals surface area contributed by atoms with E-state index in [0.29, 0.717) is 13.1 Å². The normalized spacial score (nSPS) is 11.2. The molecule has 0 amide bonds. The van der Waals surface area contributed by atoms with Crippen molar-refractivity contribution in [1.29, 1.82) is 0 Å². The van der Waals surface area contributed by atoms with Gasteiger partial charge in [0.05, 0.1) is 30.0 Å². The minimum Gasteiger partial charge on any atom is -0.384 e. The number of aromatic nitrogens is 1. The van der Waals surface area contributed by atoms with Crippen molar-refractivity contribution < 1.29 is 8.42 Å². The lowest BCUT2D eigenvalue weighted by atomic mass is 10.3. The Morgan fingerprint density at radius 2 is 1.72 bits per heavy atom. The molecule has 0 aliphatic carbocycles. The van der Waals surface area contributed by atoms with Gasteiger partial charge in [0.1, 0.15) is 0 Å². The number of sulfonamides is 1. The molecule has 1 aromatic heterocycles. The zero-order valence-corrected chi connectivity index (χ0v) is 11.5. The zero-order chi connectivity index (χ0) is 13.4. The highest BCUT2D eigenvalue weighted by molar-refractivity contribution is 7.88. The van der Waals surface area contributed by atoms with Gasteiger partial charge in [-0.05, 0) is 12.5 Å². The van der Waals surface area contributed by atoms with Crippen molar-refractivity contribution in [2.45, 2.75) is 13.3 Å². The summed E-state index contributed by atoms with van der Waals surface area (Å²) in [6.07, 6.45) is 5.66. The molecule has 0 saturated heterocycles. The van der Waals surface area contributed by atoms with E-state index in [9.17, 15) is 8.42 Å². The average Bonchev–Trinajstić information content (AvgIpc) is 2.31. The topological polar surface area (TPSA) is 83.1 Å². The predicted octanol–water partition coefficient (Wildman–Crippen LogP) is 0.865. The van der Waals surface area contributed by atoms with Gasteiger partial charge in [-0.2, -0.15) is 0 Å². The minimum absolute atomic E-state index is 0.353. The van der Waals surface area contributed by atoms with E-state index >= 15 is 0 Å². The number of anilines is 2. The Balaban J connectivity index is 2.38. The van der Waals surface area contributed by atoms with Gasteiger partial charge in [-0.25, -0.2) is 13.1 Å². The van der Waals surface area contributed by atoms with E-state index in [0.717, 1.165) is 30.6 Å². The van der Waals surface area contributed by atoms with Gasteiger partial charge < -0.3 is 10.6 Å². The van der Waals surface area contributed by atoms with E-state index in [1.165, 1.54) is 0 Å². The molecule has 1 heterocycles. The minimum atomic E-state index is -3.12. The summed E-state index contributed by atoms with van der Waals surface area (Å²) in [6.45, 7) is 3.87. The largest absolute Gasteiger partial charge is 0.384 e. The van der Waals surface area contributed by atoms with Crippen LogP contribution >= 0.6 is 0 Å². The van der Waals surface area contributed by atoms with Gasteiger partial charge >= 0.3 is 0 Å². The Hall–Kier alpha value is -1.34. The van der Waals surface area contributed by atoms with E-state index in [-0.39, 0.29) is 0 Å². The van der Waals surface area contributed by atoms with Gasteiger partial charge in [-0.1, -0.05) is 6.92 Å². The molecule has 0 bridgehead atoms. The molecular weight excluding hydrogens is 252 g/mol. The quantitative estimate of drug-likeness (QED) is 0.612. The molecule has 0 aliphatic heterocycles. The molecule has 102 valence electrons. The third kappa shape index (κ3) is 6.41. The maximum absolute atomic E-state index is 10.9. The molecule has 7 heteroatoms. The fourth-order valence-electron chi connectivity index (χ4n) is 1.35. The van der Waals surface area contributed by atoms with E-state index in [2.05, 4.69) is 27.3 Å². The number of nitrogens with zero attached hydrogens (tertiary/aromatic N) is 1. The summed E-state index contributed by atoms with van der Waals surface area (Å²) in [5.41, 5.74) is 1.82. The highest BCUT2D eigenvalue weighted by atomic mass is 32.2. The molecule has 0 unspecified atom stereocenters. The summed E-state index contributed by atoms with van der Waals surface area (Å²) >= 11 is 0. The van der Waals surface area contributed by atoms with Gasteiger partial charge in [0.15, 0.2) is 0 Å². The van der Waals surface area contributed by atoms with Gasteiger partial charge in [0.2, 0.25) is 10.0 Å². The van der Waals surface area contributed by atoms with Gasteiger partial charge in [0, 0.05) is 19.6 Å². The van der Waals surface area contributed by atoms with Crippen LogP contribution in [-0.4, -0.2) is 39.3 Å². The first kappa shape index (κ1) is 14.7. The SMILES string of the molecule is CCCNc1cncc(NCCNS(C)(=O)=O)c1. The first-order valence-electron chi connectivity index (χ1n) is 5.88. The van der Waals surface area contributed by atoms with Crippen LogP contribution < -0.4 is 15.4 Å². The van der Waals surface area contributed by atoms with Crippen molar-refractivity contribution in [2.75, 3.05) is 36.5 Å². The second-order valence-electron chi connectivity index (χ2n) is 3.98. The summed E-state index contributed by atoms with van der Waals surface area (Å²) in [4.78, 5) is 4.10. The number of hydrogen-bond donors (Lipinski definition) is 3. The van der Waals surface area contributed by atoms with Crippen molar-refractivity contribution in [3.63, 3.8) is 0 Å². The Morgan fingerprint density at radius 1 is 1.11 bits per heavy atom. The molecule has 0 fully saturated rings. The average molecular weight is 272 g/mol. The van der Waals surface area contributed by atoms with Crippen LogP contribution in [0.4, 0.5) is 11.4 Å². The van der Waals surface area contributed by atoms with Crippen molar-refractivity contribution in [3.8, 4) is 0 Å². The first-order chi connectivity index (χ1) is 8.51. The number of rotatable bonds is 8. The van der Waals surface area contributed by atoms with Crippen molar-refractivity contribution >= 4 is 21.4 Å². The van der Waals surface area contributed by atoms with Gasteiger partial charge in [-0.3, -0.25) is 4.98 Å². The first-order valence-corrected chi connectivity index (χ1v) is 7.78. The molecule has 18 heavy (non-hydrogen) atoms. The monoisotopic (exact) mass is 272 g/mol. The highest BCUT2D eigenvalue weighted by Crippen LogP contribution is 2.12. The molecule has 1 rings (SSSR count). The Labute approximate surface area is 108 Å². The molecule has 0 radical (unpaired) electrons. The third-order valence-electron chi connectivity index (χ3n) is 2.14. The number of hydrogen-bond acceptors (Lipinski definition) is 5. The van der Waals surface area contributed by atoms with Crippen molar-refractivity contribution in [2.24, 2.45) is 0 Å². The molecule has 1 aromatic rings. The van der Waals surface area contributed by atoms with E-state index < -0.39 is 10.0 Å². The van der Waals surface area contributed by atoms with Crippen LogP contribution in [0.3, 0.4) is 0 Å². The van der Waals surface area contributed by atoms with Crippen LogP contribution in [0.2, 0.25) is 0 Å². The molecule has 0 saturated carbocycles. The van der Waals surface area contributed by atoms with E-state index in [4.69, 9.17) is 0 Å². The van der Waals surface area contributed by atoms with Crippen LogP contribution in [-0.2, 0) is 10.0 Å². The molecule has 3 N–H and O–H groups in total. The number of pyridine rings is 1. The lowest BCUT2D eigenvalue weighted by Gasteiger charge is -2.09. The second-order valence-corrected chi connectivity index (χ2v) is 5.82. The Morgan fingerprint density at radius 3 is 2.28 bits per heavy atom. The lowest BCUT2D eigenvalue weighted by molar-refractivity contribution is 0.589. The summed E-state index contributed by atoms with van der Waals surface area (Å²) in [7, 11) is -3.12. The molecule has 6 nitrogen and oxygen atoms in total. The summed E-state index contributed by atoms with van der Waals surface area (Å²) < 4.78 is 24.1. The van der Waals surface area contributed by atoms with Gasteiger partial charge in [-0.15, -0.1) is 0 Å². The van der Waals surface area contributed by atoms with Crippen LogP contribution in [0.25, 0.3) is 0 Å². The Bertz CT molecular complexity index is 462. The summed E-state index contributed by atoms with van der Waals surface area (Å²) in [5, 5.41) is 6.34. The van der Waals surface area contributed by atoms with Crippen molar-refractivity contribution in [3.05, 3.63) is 18.5 Å². The van der Waals surface area contributed by atoms with Crippen molar-refractivity contribution in [1.82, 2.24) is 9.71 Å². The molecular formula is C11H20N4O2S. The number of nitrogens with one attached hydrogen (secondary N) is 3. The van der Waals surface area contributed by atoms with Crippen LogP contribution in [0.5, 0.6) is 0 Å². The van der Waals surface area contributed by atoms with E-state index in [1.54, 1.807) is 12.4 Å². The summed E-state index contributed by atoms with van der Waals surface area (Å²) in [6, 6.07) is 1.95. The van der Waals surface area contributed by atoms with E-state index in [1.807, 2.05) is 6.07 Å². The standard InChI is InChI=1S/C11H20N4O2S/c1-3-4-13-10-7-11(9-12-8-10)14-5-6-15-18(2,16)17/h7-9,13-15H,3-6H2,1-2H3. The zero-order valence-electron chi connectivity index (χ0n) is 10.7. The molecule has 0 spiro atoms. The smallest absolute Gasteiger partial charge is 0.208 e. The molecule has 0 aliphatic rings. The maximum Gasteiger partial charge on any atom is 0.208 e. The van der Waals surface area contributed by atoms with Crippen LogP contribution in [0.15, 0.2) is 18.5 Å². The fourth-order valence-corrected chi connectivity index (χ4v) is 1.82. The third-order valence-corrected chi connectivity index (χ3v) is 2.86. The molecule has 0 aromatic carbocycles. The molecule has 0 atom stereocenters. The summed E-state index contributed by atoms with van der Waals surface area (Å²) in [5.74, 6) is 0. The fraction of sp³-hybridized carbons (Fsp3) is 0.545. The van der Waals surface area contributed by atoms with Gasteiger partial charge in [0.25, 0.3) is 0 Å². The lowest BCUT2D eigenvalue weighted by Crippen LogP contribution is -2.27. The van der Waals surface area contributed by atoms with Crippen LogP contribution in [0, 0.1) is 0 Å². The highest BCUT2D eigenvalue weighted by Gasteiger charge is 1.99. The van der Waals surface area contributed by atoms with Crippen LogP contribution in [0.1, 0.15) is 13.3 Å².